The molecule has 5 aromatic rings. The second-order valence-electron chi connectivity index (χ2n) is 17.8. The van der Waals surface area contributed by atoms with Crippen LogP contribution in [0, 0.1) is 36.7 Å². The Hall–Kier alpha value is -6.22. The lowest BCUT2D eigenvalue weighted by Gasteiger charge is -2.31. The second-order valence-corrected chi connectivity index (χ2v) is 17.8. The number of carbonyl (C=O) groups is 4. The minimum absolute atomic E-state index is 0.0000874. The van der Waals surface area contributed by atoms with E-state index in [0.29, 0.717) is 49.1 Å². The van der Waals surface area contributed by atoms with Gasteiger partial charge in [-0.25, -0.2) is 18.3 Å². The normalized spacial score (nSPS) is 25.2. The Morgan fingerprint density at radius 2 is 1.81 bits per heavy atom. The van der Waals surface area contributed by atoms with Crippen molar-refractivity contribution in [3.8, 4) is 12.0 Å². The minimum atomic E-state index is -2.88. The van der Waals surface area contributed by atoms with E-state index in [0.717, 1.165) is 86.7 Å². The largest absolute Gasteiger partial charge is 0.442 e. The third kappa shape index (κ3) is 8.03. The zero-order valence-corrected chi connectivity index (χ0v) is 35.0. The molecule has 1 aromatic carbocycles. The number of benzene rings is 1. The fourth-order valence-electron chi connectivity index (χ4n) is 10.4. The number of Topliss-reactive ketones (excluding diaryl/α,β-unsaturated/α-hetero) is 1. The number of imide groups is 1. The Balaban J connectivity index is 0.713. The number of likely N-dealkylation sites (tertiary alicyclic amines) is 1. The standard InChI is InChI=1S/C45H49F2N11O5/c1-26-39-28(4-2-6-35(39)58(52-26)36-13-14-38(59)51-45(36)62)5-3-19-63-32-15-17-54(24-32)21-27-7-11-31(12-8-27)57-25-34(40(53-57)42(46)47)49-44(61)33-20-48-56-18-16-37(50-43(33)56)55-22-29-9-10-30(23-55)41(29)60/h2,4,6,16,18,20,25,27,29-32,36,42H,5,7-15,17,21-24H2,1H3,(H,49,61)(H,51,59,62)/t27?,29?,30?,31?,32-,36?/m1/s1. The van der Waals surface area contributed by atoms with Gasteiger partial charge in [0.05, 0.1) is 29.1 Å². The van der Waals surface area contributed by atoms with Crippen LogP contribution < -0.4 is 15.5 Å². The molecular formula is C45H49F2N11O5. The Morgan fingerprint density at radius 3 is 2.59 bits per heavy atom. The molecule has 3 saturated heterocycles. The number of amides is 3. The zero-order chi connectivity index (χ0) is 43.4. The smallest absolute Gasteiger partial charge is 0.284 e. The molecule has 16 nitrogen and oxygen atoms in total. The summed E-state index contributed by atoms with van der Waals surface area (Å²) in [6.07, 6.45) is 11.9. The number of carbonyl (C=O) groups excluding carboxylic acids is 4. The third-order valence-electron chi connectivity index (χ3n) is 13.7. The van der Waals surface area contributed by atoms with Crippen LogP contribution in [0.2, 0.25) is 0 Å². The SMILES string of the molecule is Cc1nn(C2CCC(=O)NC2=O)c2cccc(CC#CO[C@@H]3CCN(CC4CCC(n5cc(NC(=O)c6cnn7ccc(N8CC9CCC(C8)C9=O)nc67)c(C(F)F)n5)CC4)C3)c12. The molecule has 18 heteroatoms. The van der Waals surface area contributed by atoms with Gasteiger partial charge in [-0.1, -0.05) is 18.1 Å². The molecule has 10 rings (SSSR count). The van der Waals surface area contributed by atoms with Gasteiger partial charge in [0.25, 0.3) is 18.2 Å². The van der Waals surface area contributed by atoms with E-state index >= 15 is 0 Å². The van der Waals surface area contributed by atoms with Gasteiger partial charge in [0.1, 0.15) is 35.4 Å². The highest BCUT2D eigenvalue weighted by molar-refractivity contribution is 6.08. The van der Waals surface area contributed by atoms with Crippen molar-refractivity contribution in [2.45, 2.75) is 95.7 Å². The third-order valence-corrected chi connectivity index (χ3v) is 13.7. The molecule has 2 saturated carbocycles. The maximum absolute atomic E-state index is 14.3. The van der Waals surface area contributed by atoms with Gasteiger partial charge in [-0.05, 0) is 81.9 Å². The van der Waals surface area contributed by atoms with Crippen LogP contribution >= 0.6 is 0 Å². The molecule has 7 heterocycles. The van der Waals surface area contributed by atoms with Crippen molar-refractivity contribution in [3.63, 3.8) is 0 Å². The first-order chi connectivity index (χ1) is 30.6. The zero-order valence-electron chi connectivity index (χ0n) is 35.0. The number of aryl methyl sites for hydroxylation is 1. The van der Waals surface area contributed by atoms with Gasteiger partial charge in [0, 0.05) is 75.2 Å². The number of aromatic nitrogens is 7. The lowest BCUT2D eigenvalue weighted by atomic mass is 9.86. The quantitative estimate of drug-likeness (QED) is 0.140. The number of nitrogens with zero attached hydrogens (tertiary/aromatic N) is 9. The van der Waals surface area contributed by atoms with Crippen molar-refractivity contribution < 1.29 is 32.7 Å². The molecule has 5 aliphatic rings. The van der Waals surface area contributed by atoms with Crippen LogP contribution in [0.15, 0.2) is 42.9 Å². The summed E-state index contributed by atoms with van der Waals surface area (Å²) in [6, 6.07) is 7.10. The molecule has 63 heavy (non-hydrogen) atoms. The molecule has 2 bridgehead atoms. The number of hydrogen-bond acceptors (Lipinski definition) is 11. The Labute approximate surface area is 361 Å². The minimum Gasteiger partial charge on any atom is -0.442 e. The molecule has 2 N–H and O–H groups in total. The average Bonchev–Trinajstić information content (AvgIpc) is 4.10. The molecule has 3 unspecified atom stereocenters. The van der Waals surface area contributed by atoms with Gasteiger partial charge in [-0.2, -0.15) is 15.3 Å². The predicted molar refractivity (Wildman–Crippen MR) is 226 cm³/mol. The maximum Gasteiger partial charge on any atom is 0.284 e. The summed E-state index contributed by atoms with van der Waals surface area (Å²) >= 11 is 0. The van der Waals surface area contributed by atoms with Crippen molar-refractivity contribution in [1.82, 2.24) is 44.4 Å². The highest BCUT2D eigenvalue weighted by atomic mass is 19.3. The summed E-state index contributed by atoms with van der Waals surface area (Å²) in [4.78, 5) is 59.5. The van der Waals surface area contributed by atoms with E-state index in [9.17, 15) is 28.0 Å². The van der Waals surface area contributed by atoms with Crippen LogP contribution in [0.1, 0.15) is 104 Å². The van der Waals surface area contributed by atoms with Crippen LogP contribution in [0.4, 0.5) is 20.3 Å². The summed E-state index contributed by atoms with van der Waals surface area (Å²) in [5, 5.41) is 19.3. The van der Waals surface area contributed by atoms with Crippen LogP contribution in [0.25, 0.3) is 16.6 Å². The monoisotopic (exact) mass is 861 g/mol. The van der Waals surface area contributed by atoms with Gasteiger partial charge in [0.2, 0.25) is 5.91 Å². The van der Waals surface area contributed by atoms with Gasteiger partial charge in [0.15, 0.2) is 11.3 Å². The molecule has 3 amide bonds. The van der Waals surface area contributed by atoms with E-state index in [1.165, 1.54) is 16.9 Å². The number of hydrogen-bond donors (Lipinski definition) is 2. The first-order valence-corrected chi connectivity index (χ1v) is 22.0. The van der Waals surface area contributed by atoms with E-state index < -0.39 is 24.1 Å². The topological polar surface area (TPSA) is 174 Å². The lowest BCUT2D eigenvalue weighted by molar-refractivity contribution is -0.136. The van der Waals surface area contributed by atoms with Crippen molar-refractivity contribution >= 4 is 51.6 Å². The summed E-state index contributed by atoms with van der Waals surface area (Å²) in [6.45, 7) is 5.71. The van der Waals surface area contributed by atoms with Crippen LogP contribution in [0.3, 0.4) is 0 Å². The van der Waals surface area contributed by atoms with Gasteiger partial charge >= 0.3 is 0 Å². The lowest BCUT2D eigenvalue weighted by Crippen LogP contribution is -2.42. The van der Waals surface area contributed by atoms with Crippen molar-refractivity contribution in [2.24, 2.45) is 17.8 Å². The Morgan fingerprint density at radius 1 is 1.00 bits per heavy atom. The molecule has 5 fully saturated rings. The summed E-state index contributed by atoms with van der Waals surface area (Å²) in [5.41, 5.74) is 2.61. The number of alkyl halides is 2. The van der Waals surface area contributed by atoms with Crippen molar-refractivity contribution in [3.05, 3.63) is 65.4 Å². The fraction of sp³-hybridized carbons (Fsp3) is 0.511. The summed E-state index contributed by atoms with van der Waals surface area (Å²) in [7, 11) is 0. The molecule has 2 aliphatic carbocycles. The summed E-state index contributed by atoms with van der Waals surface area (Å²) < 4.78 is 39.5. The Kier molecular flexibility index (Phi) is 10.9. The van der Waals surface area contributed by atoms with Gasteiger partial charge in [-0.15, -0.1) is 0 Å². The van der Waals surface area contributed by atoms with Crippen LogP contribution in [-0.2, 0) is 25.5 Å². The molecule has 0 radical (unpaired) electrons. The second kappa shape index (κ2) is 16.8. The number of piperidine rings is 2. The highest BCUT2D eigenvalue weighted by Gasteiger charge is 2.41. The summed E-state index contributed by atoms with van der Waals surface area (Å²) in [5.74, 6) is 3.41. The molecule has 4 aromatic heterocycles. The van der Waals surface area contributed by atoms with E-state index in [1.54, 1.807) is 15.6 Å². The molecule has 4 atom stereocenters. The van der Waals surface area contributed by atoms with Crippen molar-refractivity contribution in [1.29, 1.82) is 0 Å². The van der Waals surface area contributed by atoms with E-state index in [-0.39, 0.29) is 53.5 Å². The van der Waals surface area contributed by atoms with E-state index in [1.807, 2.05) is 31.2 Å². The van der Waals surface area contributed by atoms with E-state index in [2.05, 4.69) is 47.8 Å². The highest BCUT2D eigenvalue weighted by Crippen LogP contribution is 2.37. The number of ether oxygens (including phenoxy) is 1. The Bertz CT molecular complexity index is 2660. The van der Waals surface area contributed by atoms with Crippen molar-refractivity contribution in [2.75, 3.05) is 42.9 Å². The number of nitrogens with one attached hydrogen (secondary N) is 2. The number of anilines is 2. The number of halogens is 2. The first-order valence-electron chi connectivity index (χ1n) is 22.0. The number of fused-ring (bicyclic) bond motifs is 4. The van der Waals surface area contributed by atoms with E-state index in [4.69, 9.17) is 9.72 Å². The van der Waals surface area contributed by atoms with Crippen LogP contribution in [0.5, 0.6) is 0 Å². The van der Waals surface area contributed by atoms with Crippen LogP contribution in [-0.4, -0.2) is 101 Å². The number of ketones is 1. The van der Waals surface area contributed by atoms with Gasteiger partial charge in [-0.3, -0.25) is 38.8 Å². The molecule has 328 valence electrons. The first kappa shape index (κ1) is 40.8. The van der Waals surface area contributed by atoms with Gasteiger partial charge < -0.3 is 15.0 Å². The maximum atomic E-state index is 14.3. The number of rotatable bonds is 10. The fourth-order valence-corrected chi connectivity index (χ4v) is 10.4. The molecule has 3 aliphatic heterocycles. The predicted octanol–water partition coefficient (Wildman–Crippen LogP) is 5.19. The molecule has 0 spiro atoms. The average molecular weight is 862 g/mol. The molecular weight excluding hydrogens is 813 g/mol.